The maximum Gasteiger partial charge on any atom is 0.0518 e. The average molecular weight is 236 g/mol. The number of likely N-dealkylation sites (tertiary alicyclic amines) is 1. The summed E-state index contributed by atoms with van der Waals surface area (Å²) in [4.78, 5) is 2.42. The molecule has 4 nitrogen and oxygen atoms in total. The standard InChI is InChI=1S/C13H24N4/c1-11(12-4-7-15-16-12)14-10-13(2)5-8-17(3)9-6-13/h4,7,11,14H,5-6,8-10H2,1-3H3,(H,15,16). The molecule has 1 saturated heterocycles. The van der Waals surface area contributed by atoms with E-state index in [2.05, 4.69) is 41.3 Å². The van der Waals surface area contributed by atoms with Gasteiger partial charge in [0.2, 0.25) is 0 Å². The van der Waals surface area contributed by atoms with Crippen molar-refractivity contribution in [2.45, 2.75) is 32.7 Å². The van der Waals surface area contributed by atoms with Crippen LogP contribution in [0.2, 0.25) is 0 Å². The molecule has 17 heavy (non-hydrogen) atoms. The third-order valence-corrected chi connectivity index (χ3v) is 4.02. The van der Waals surface area contributed by atoms with Gasteiger partial charge in [-0.05, 0) is 51.4 Å². The first-order chi connectivity index (χ1) is 8.09. The molecule has 1 unspecified atom stereocenters. The van der Waals surface area contributed by atoms with Gasteiger partial charge in [0, 0.05) is 18.8 Å². The summed E-state index contributed by atoms with van der Waals surface area (Å²) in [5, 5.41) is 10.6. The smallest absolute Gasteiger partial charge is 0.0518 e. The second kappa shape index (κ2) is 5.19. The molecule has 1 aromatic heterocycles. The molecule has 2 rings (SSSR count). The first-order valence-electron chi connectivity index (χ1n) is 6.50. The number of aromatic amines is 1. The fraction of sp³-hybridized carbons (Fsp3) is 0.769. The molecular weight excluding hydrogens is 212 g/mol. The molecule has 1 aromatic rings. The Morgan fingerprint density at radius 3 is 2.82 bits per heavy atom. The number of H-pyrrole nitrogens is 1. The highest BCUT2D eigenvalue weighted by atomic mass is 15.1. The molecule has 96 valence electrons. The first kappa shape index (κ1) is 12.6. The number of hydrogen-bond acceptors (Lipinski definition) is 3. The van der Waals surface area contributed by atoms with E-state index in [1.54, 1.807) is 0 Å². The van der Waals surface area contributed by atoms with Crippen LogP contribution in [0, 0.1) is 5.41 Å². The third-order valence-electron chi connectivity index (χ3n) is 4.02. The Bertz CT molecular complexity index is 325. The number of nitrogens with one attached hydrogen (secondary N) is 2. The lowest BCUT2D eigenvalue weighted by molar-refractivity contribution is 0.134. The highest BCUT2D eigenvalue weighted by Gasteiger charge is 2.28. The Kier molecular flexibility index (Phi) is 3.84. The lowest BCUT2D eigenvalue weighted by atomic mass is 9.80. The molecule has 1 atom stereocenters. The molecule has 0 spiro atoms. The average Bonchev–Trinajstić information content (AvgIpc) is 2.84. The van der Waals surface area contributed by atoms with Crippen LogP contribution >= 0.6 is 0 Å². The molecular formula is C13H24N4. The van der Waals surface area contributed by atoms with Gasteiger partial charge < -0.3 is 10.2 Å². The second-order valence-corrected chi connectivity index (χ2v) is 5.73. The number of piperidine rings is 1. The maximum absolute atomic E-state index is 3.99. The van der Waals surface area contributed by atoms with E-state index in [9.17, 15) is 0 Å². The van der Waals surface area contributed by atoms with Crippen LogP contribution in [0.4, 0.5) is 0 Å². The van der Waals surface area contributed by atoms with Gasteiger partial charge in [-0.15, -0.1) is 0 Å². The summed E-state index contributed by atoms with van der Waals surface area (Å²) in [6.45, 7) is 8.10. The maximum atomic E-state index is 3.99. The lowest BCUT2D eigenvalue weighted by Gasteiger charge is -2.38. The Balaban J connectivity index is 1.81. The zero-order chi connectivity index (χ0) is 12.3. The predicted molar refractivity (Wildman–Crippen MR) is 69.8 cm³/mol. The molecule has 0 amide bonds. The fourth-order valence-corrected chi connectivity index (χ4v) is 2.35. The molecule has 1 fully saturated rings. The Labute approximate surface area is 104 Å². The SMILES string of the molecule is CC(NCC1(C)CCN(C)CC1)c1ccn[nH]1. The van der Waals surface area contributed by atoms with Gasteiger partial charge >= 0.3 is 0 Å². The summed E-state index contributed by atoms with van der Waals surface area (Å²) in [5.41, 5.74) is 1.61. The zero-order valence-electron chi connectivity index (χ0n) is 11.2. The highest BCUT2D eigenvalue weighted by molar-refractivity contribution is 5.03. The largest absolute Gasteiger partial charge is 0.308 e. The zero-order valence-corrected chi connectivity index (χ0v) is 11.2. The molecule has 0 saturated carbocycles. The van der Waals surface area contributed by atoms with Crippen LogP contribution in [0.3, 0.4) is 0 Å². The van der Waals surface area contributed by atoms with Crippen molar-refractivity contribution < 1.29 is 0 Å². The number of nitrogens with zero attached hydrogens (tertiary/aromatic N) is 2. The second-order valence-electron chi connectivity index (χ2n) is 5.73. The molecule has 1 aliphatic heterocycles. The Morgan fingerprint density at radius 1 is 1.53 bits per heavy atom. The van der Waals surface area contributed by atoms with E-state index in [1.165, 1.54) is 31.6 Å². The summed E-state index contributed by atoms with van der Waals surface area (Å²) in [5.74, 6) is 0. The Morgan fingerprint density at radius 2 is 2.24 bits per heavy atom. The van der Waals surface area contributed by atoms with Crippen LogP contribution in [-0.4, -0.2) is 41.8 Å². The van der Waals surface area contributed by atoms with E-state index >= 15 is 0 Å². The minimum absolute atomic E-state index is 0.356. The highest BCUT2D eigenvalue weighted by Crippen LogP contribution is 2.30. The molecule has 2 N–H and O–H groups in total. The van der Waals surface area contributed by atoms with Crippen LogP contribution in [-0.2, 0) is 0 Å². The van der Waals surface area contributed by atoms with Crippen molar-refractivity contribution in [2.75, 3.05) is 26.7 Å². The monoisotopic (exact) mass is 236 g/mol. The van der Waals surface area contributed by atoms with Crippen molar-refractivity contribution in [1.29, 1.82) is 0 Å². The van der Waals surface area contributed by atoms with Crippen LogP contribution in [0.25, 0.3) is 0 Å². The number of hydrogen-bond donors (Lipinski definition) is 2. The fourth-order valence-electron chi connectivity index (χ4n) is 2.35. The minimum atomic E-state index is 0.356. The summed E-state index contributed by atoms with van der Waals surface area (Å²) >= 11 is 0. The van der Waals surface area contributed by atoms with E-state index in [0.717, 1.165) is 6.54 Å². The van der Waals surface area contributed by atoms with Gasteiger partial charge in [0.25, 0.3) is 0 Å². The minimum Gasteiger partial charge on any atom is -0.308 e. The van der Waals surface area contributed by atoms with Crippen molar-refractivity contribution in [2.24, 2.45) is 5.41 Å². The van der Waals surface area contributed by atoms with E-state index in [-0.39, 0.29) is 0 Å². The molecule has 2 heterocycles. The molecule has 4 heteroatoms. The van der Waals surface area contributed by atoms with Gasteiger partial charge in [-0.1, -0.05) is 6.92 Å². The van der Waals surface area contributed by atoms with Crippen LogP contribution in [0.15, 0.2) is 12.3 Å². The molecule has 0 aliphatic carbocycles. The van der Waals surface area contributed by atoms with E-state index < -0.39 is 0 Å². The Hall–Kier alpha value is -0.870. The topological polar surface area (TPSA) is 44.0 Å². The lowest BCUT2D eigenvalue weighted by Crippen LogP contribution is -2.42. The van der Waals surface area contributed by atoms with Crippen LogP contribution in [0.1, 0.15) is 38.4 Å². The summed E-state index contributed by atoms with van der Waals surface area (Å²) in [7, 11) is 2.21. The quantitative estimate of drug-likeness (QED) is 0.837. The number of aromatic nitrogens is 2. The first-order valence-corrected chi connectivity index (χ1v) is 6.50. The van der Waals surface area contributed by atoms with Gasteiger partial charge in [0.05, 0.1) is 5.69 Å². The van der Waals surface area contributed by atoms with Crippen molar-refractivity contribution in [3.8, 4) is 0 Å². The van der Waals surface area contributed by atoms with Crippen LogP contribution in [0.5, 0.6) is 0 Å². The van der Waals surface area contributed by atoms with Gasteiger partial charge in [0.15, 0.2) is 0 Å². The summed E-state index contributed by atoms with van der Waals surface area (Å²) < 4.78 is 0. The van der Waals surface area contributed by atoms with E-state index in [1.807, 2.05) is 12.3 Å². The summed E-state index contributed by atoms with van der Waals surface area (Å²) in [6, 6.07) is 2.39. The van der Waals surface area contributed by atoms with Gasteiger partial charge in [-0.25, -0.2) is 0 Å². The molecule has 0 aromatic carbocycles. The van der Waals surface area contributed by atoms with Crippen molar-refractivity contribution >= 4 is 0 Å². The molecule has 0 radical (unpaired) electrons. The van der Waals surface area contributed by atoms with Crippen molar-refractivity contribution in [3.05, 3.63) is 18.0 Å². The normalized spacial score (nSPS) is 22.5. The van der Waals surface area contributed by atoms with E-state index in [4.69, 9.17) is 0 Å². The van der Waals surface area contributed by atoms with Gasteiger partial charge in [-0.3, -0.25) is 5.10 Å². The van der Waals surface area contributed by atoms with Crippen LogP contribution < -0.4 is 5.32 Å². The predicted octanol–water partition coefficient (Wildman–Crippen LogP) is 1.79. The van der Waals surface area contributed by atoms with Crippen molar-refractivity contribution in [3.63, 3.8) is 0 Å². The summed E-state index contributed by atoms with van der Waals surface area (Å²) in [6.07, 6.45) is 4.38. The van der Waals surface area contributed by atoms with Gasteiger partial charge in [-0.2, -0.15) is 5.10 Å². The molecule has 0 bridgehead atoms. The van der Waals surface area contributed by atoms with Gasteiger partial charge in [0.1, 0.15) is 0 Å². The third kappa shape index (κ3) is 3.30. The number of rotatable bonds is 4. The van der Waals surface area contributed by atoms with Crippen molar-refractivity contribution in [1.82, 2.24) is 20.4 Å². The molecule has 1 aliphatic rings. The van der Waals surface area contributed by atoms with E-state index in [0.29, 0.717) is 11.5 Å².